The summed E-state index contributed by atoms with van der Waals surface area (Å²) in [6.45, 7) is 4.56. The predicted octanol–water partition coefficient (Wildman–Crippen LogP) is 4.23. The number of ether oxygens (including phenoxy) is 1. The Morgan fingerprint density at radius 2 is 1.87 bits per heavy atom. The van der Waals surface area contributed by atoms with E-state index in [1.54, 1.807) is 29.2 Å². The van der Waals surface area contributed by atoms with Crippen molar-refractivity contribution in [3.05, 3.63) is 64.8 Å². The van der Waals surface area contributed by atoms with E-state index in [-0.39, 0.29) is 11.6 Å². The molecule has 2 heterocycles. The first-order chi connectivity index (χ1) is 15.1. The summed E-state index contributed by atoms with van der Waals surface area (Å²) >= 11 is 6.17. The van der Waals surface area contributed by atoms with E-state index in [1.807, 2.05) is 36.1 Å². The lowest BCUT2D eigenvalue weighted by Gasteiger charge is -2.34. The van der Waals surface area contributed by atoms with Gasteiger partial charge in [0.05, 0.1) is 17.2 Å². The first-order valence-electron chi connectivity index (χ1n) is 10.0. The molecule has 0 N–H and O–H groups in total. The number of hydrogen-bond acceptors (Lipinski definition) is 6. The van der Waals surface area contributed by atoms with Crippen molar-refractivity contribution in [1.29, 1.82) is 5.26 Å². The van der Waals surface area contributed by atoms with Gasteiger partial charge in [0.1, 0.15) is 11.8 Å². The summed E-state index contributed by atoms with van der Waals surface area (Å²) < 4.78 is 11.4. The highest BCUT2D eigenvalue weighted by atomic mass is 35.5. The Morgan fingerprint density at radius 1 is 1.16 bits per heavy atom. The number of aromatic nitrogens is 1. The normalized spacial score (nSPS) is 13.7. The number of anilines is 1. The number of rotatable bonds is 5. The molecule has 0 atom stereocenters. The largest absolute Gasteiger partial charge is 0.494 e. The van der Waals surface area contributed by atoms with Gasteiger partial charge in [-0.15, -0.1) is 0 Å². The van der Waals surface area contributed by atoms with E-state index in [4.69, 9.17) is 20.8 Å². The number of amides is 1. The zero-order valence-electron chi connectivity index (χ0n) is 17.0. The van der Waals surface area contributed by atoms with Crippen LogP contribution in [0.4, 0.5) is 5.88 Å². The maximum atomic E-state index is 12.8. The Kier molecular flexibility index (Phi) is 6.10. The van der Waals surface area contributed by atoms with E-state index in [0.29, 0.717) is 55.1 Å². The van der Waals surface area contributed by atoms with Gasteiger partial charge in [0.25, 0.3) is 5.91 Å². The van der Waals surface area contributed by atoms with Gasteiger partial charge in [-0.2, -0.15) is 10.2 Å². The maximum absolute atomic E-state index is 12.8. The lowest BCUT2D eigenvalue weighted by atomic mass is 10.2. The smallest absolute Gasteiger partial charge is 0.255 e. The summed E-state index contributed by atoms with van der Waals surface area (Å²) in [6, 6.07) is 16.5. The first kappa shape index (κ1) is 20.8. The van der Waals surface area contributed by atoms with E-state index in [1.165, 1.54) is 0 Å². The molecule has 0 saturated carbocycles. The Morgan fingerprint density at radius 3 is 2.52 bits per heavy atom. The monoisotopic (exact) mass is 436 g/mol. The van der Waals surface area contributed by atoms with E-state index < -0.39 is 0 Å². The number of piperazine rings is 1. The third-order valence-corrected chi connectivity index (χ3v) is 5.42. The Bertz CT molecular complexity index is 1110. The number of carbonyl (C=O) groups is 1. The van der Waals surface area contributed by atoms with Crippen molar-refractivity contribution in [3.63, 3.8) is 0 Å². The van der Waals surface area contributed by atoms with Crippen LogP contribution in [0, 0.1) is 11.3 Å². The van der Waals surface area contributed by atoms with Crippen molar-refractivity contribution < 1.29 is 13.9 Å². The molecule has 0 bridgehead atoms. The van der Waals surface area contributed by atoms with Crippen molar-refractivity contribution in [2.45, 2.75) is 6.92 Å². The number of oxazole rings is 1. The fourth-order valence-electron chi connectivity index (χ4n) is 3.50. The maximum Gasteiger partial charge on any atom is 0.255 e. The molecule has 1 aliphatic heterocycles. The molecule has 0 radical (unpaired) electrons. The molecular formula is C23H21ClN4O3. The average Bonchev–Trinajstić information content (AvgIpc) is 3.24. The van der Waals surface area contributed by atoms with Gasteiger partial charge in [0.15, 0.2) is 0 Å². The molecular weight excluding hydrogens is 416 g/mol. The molecule has 158 valence electrons. The van der Waals surface area contributed by atoms with Crippen molar-refractivity contribution in [1.82, 2.24) is 9.88 Å². The molecule has 1 fully saturated rings. The molecule has 0 spiro atoms. The summed E-state index contributed by atoms with van der Waals surface area (Å²) in [6.07, 6.45) is 0. The van der Waals surface area contributed by atoms with Gasteiger partial charge in [-0.25, -0.2) is 0 Å². The van der Waals surface area contributed by atoms with Crippen LogP contribution < -0.4 is 9.64 Å². The molecule has 1 aromatic heterocycles. The number of nitrogens with zero attached hydrogens (tertiary/aromatic N) is 4. The zero-order valence-corrected chi connectivity index (χ0v) is 17.8. The van der Waals surface area contributed by atoms with Gasteiger partial charge in [-0.05, 0) is 43.3 Å². The van der Waals surface area contributed by atoms with E-state index in [0.717, 1.165) is 11.3 Å². The van der Waals surface area contributed by atoms with Crippen LogP contribution in [0.5, 0.6) is 5.75 Å². The van der Waals surface area contributed by atoms with Crippen LogP contribution in [0.15, 0.2) is 52.9 Å². The first-order valence-corrected chi connectivity index (χ1v) is 10.4. The quantitative estimate of drug-likeness (QED) is 0.595. The van der Waals surface area contributed by atoms with Crippen LogP contribution in [-0.4, -0.2) is 48.6 Å². The molecule has 31 heavy (non-hydrogen) atoms. The van der Waals surface area contributed by atoms with Gasteiger partial charge in [0, 0.05) is 31.7 Å². The summed E-state index contributed by atoms with van der Waals surface area (Å²) in [7, 11) is 0. The minimum Gasteiger partial charge on any atom is -0.494 e. The number of hydrogen-bond donors (Lipinski definition) is 0. The van der Waals surface area contributed by atoms with Crippen LogP contribution in [-0.2, 0) is 0 Å². The van der Waals surface area contributed by atoms with Crippen LogP contribution >= 0.6 is 11.6 Å². The Hall–Kier alpha value is -3.50. The summed E-state index contributed by atoms with van der Waals surface area (Å²) in [5, 5.41) is 9.99. The van der Waals surface area contributed by atoms with Crippen molar-refractivity contribution in [2.24, 2.45) is 0 Å². The second kappa shape index (κ2) is 9.11. The second-order valence-electron chi connectivity index (χ2n) is 7.00. The minimum absolute atomic E-state index is 0.0987. The highest BCUT2D eigenvalue weighted by molar-refractivity contribution is 6.33. The van der Waals surface area contributed by atoms with Crippen LogP contribution in [0.1, 0.15) is 23.0 Å². The highest BCUT2D eigenvalue weighted by Crippen LogP contribution is 2.30. The van der Waals surface area contributed by atoms with Gasteiger partial charge < -0.3 is 19.0 Å². The van der Waals surface area contributed by atoms with E-state index >= 15 is 0 Å². The lowest BCUT2D eigenvalue weighted by molar-refractivity contribution is 0.0745. The molecule has 0 aliphatic carbocycles. The summed E-state index contributed by atoms with van der Waals surface area (Å²) in [4.78, 5) is 20.8. The average molecular weight is 437 g/mol. The topological polar surface area (TPSA) is 82.6 Å². The minimum atomic E-state index is -0.0987. The van der Waals surface area contributed by atoms with Crippen molar-refractivity contribution in [3.8, 4) is 23.3 Å². The molecule has 7 nitrogen and oxygen atoms in total. The van der Waals surface area contributed by atoms with Crippen LogP contribution in [0.3, 0.4) is 0 Å². The van der Waals surface area contributed by atoms with Gasteiger partial charge in [-0.3, -0.25) is 4.79 Å². The molecule has 1 aliphatic rings. The molecule has 0 unspecified atom stereocenters. The second-order valence-corrected chi connectivity index (χ2v) is 7.41. The molecule has 3 aromatic rings. The highest BCUT2D eigenvalue weighted by Gasteiger charge is 2.27. The molecule has 2 aromatic carbocycles. The number of halogens is 1. The Labute approximate surface area is 185 Å². The van der Waals surface area contributed by atoms with Crippen molar-refractivity contribution in [2.75, 3.05) is 37.7 Å². The number of benzene rings is 2. The summed E-state index contributed by atoms with van der Waals surface area (Å²) in [5.41, 5.74) is 1.49. The molecule has 1 saturated heterocycles. The number of nitriles is 1. The third-order valence-electron chi connectivity index (χ3n) is 5.09. The standard InChI is InChI=1S/C23H21ClN4O3/c1-2-30-17-9-7-16(8-10-17)21-26-20(15-25)23(31-21)28-13-11-27(12-14-28)22(29)18-5-3-4-6-19(18)24/h3-10H,2,11-14H2,1H3. The zero-order chi connectivity index (χ0) is 21.8. The fraction of sp³-hybridized carbons (Fsp3) is 0.261. The van der Waals surface area contributed by atoms with Crippen LogP contribution in [0.25, 0.3) is 11.5 Å². The lowest BCUT2D eigenvalue weighted by Crippen LogP contribution is -2.49. The van der Waals surface area contributed by atoms with Crippen molar-refractivity contribution >= 4 is 23.4 Å². The van der Waals surface area contributed by atoms with Gasteiger partial charge in [0.2, 0.25) is 17.5 Å². The van der Waals surface area contributed by atoms with Gasteiger partial charge in [-0.1, -0.05) is 23.7 Å². The Balaban J connectivity index is 1.48. The molecule has 1 amide bonds. The predicted molar refractivity (Wildman–Crippen MR) is 117 cm³/mol. The fourth-order valence-corrected chi connectivity index (χ4v) is 3.72. The molecule has 4 rings (SSSR count). The van der Waals surface area contributed by atoms with E-state index in [9.17, 15) is 10.1 Å². The van der Waals surface area contributed by atoms with Gasteiger partial charge >= 0.3 is 0 Å². The SMILES string of the molecule is CCOc1ccc(-c2nc(C#N)c(N3CCN(C(=O)c4ccccc4Cl)CC3)o2)cc1. The van der Waals surface area contributed by atoms with E-state index in [2.05, 4.69) is 11.1 Å². The third kappa shape index (κ3) is 4.35. The molecule has 8 heteroatoms. The summed E-state index contributed by atoms with van der Waals surface area (Å²) in [5.74, 6) is 1.47. The number of carbonyl (C=O) groups excluding carboxylic acids is 1. The van der Waals surface area contributed by atoms with Crippen LogP contribution in [0.2, 0.25) is 5.02 Å².